The van der Waals surface area contributed by atoms with Gasteiger partial charge in [-0.1, -0.05) is 13.8 Å². The van der Waals surface area contributed by atoms with Gasteiger partial charge in [-0.15, -0.1) is 11.3 Å². The summed E-state index contributed by atoms with van der Waals surface area (Å²) in [6, 6.07) is 0.161. The van der Waals surface area contributed by atoms with Crippen molar-refractivity contribution < 1.29 is 5.11 Å². The molecule has 1 unspecified atom stereocenters. The van der Waals surface area contributed by atoms with Crippen molar-refractivity contribution in [1.29, 1.82) is 0 Å². The molecule has 3 nitrogen and oxygen atoms in total. The average molecular weight is 200 g/mol. The van der Waals surface area contributed by atoms with Crippen molar-refractivity contribution in [3.05, 3.63) is 16.1 Å². The molecule has 1 aromatic heterocycles. The third-order valence-corrected chi connectivity index (χ3v) is 2.92. The second-order valence-corrected chi connectivity index (χ2v) is 4.45. The van der Waals surface area contributed by atoms with Crippen LogP contribution in [0.1, 0.15) is 24.5 Å². The number of rotatable bonds is 4. The minimum Gasteiger partial charge on any atom is -0.389 e. The van der Waals surface area contributed by atoms with Crippen molar-refractivity contribution in [2.24, 2.45) is 11.7 Å². The first kappa shape index (κ1) is 10.6. The first-order valence-electron chi connectivity index (χ1n) is 4.43. The lowest BCUT2D eigenvalue weighted by Gasteiger charge is -2.13. The highest BCUT2D eigenvalue weighted by molar-refractivity contribution is 7.09. The van der Waals surface area contributed by atoms with Crippen molar-refractivity contribution in [1.82, 2.24) is 4.98 Å². The molecule has 0 saturated carbocycles. The lowest BCUT2D eigenvalue weighted by Crippen LogP contribution is -2.28. The monoisotopic (exact) mass is 200 g/mol. The van der Waals surface area contributed by atoms with E-state index in [9.17, 15) is 0 Å². The Morgan fingerprint density at radius 3 is 2.77 bits per heavy atom. The van der Waals surface area contributed by atoms with Crippen LogP contribution in [0, 0.1) is 5.92 Å². The van der Waals surface area contributed by atoms with E-state index in [0.29, 0.717) is 5.92 Å². The molecule has 0 fully saturated rings. The molecular weight excluding hydrogens is 184 g/mol. The minimum absolute atomic E-state index is 0.0293. The van der Waals surface area contributed by atoms with Gasteiger partial charge in [0.2, 0.25) is 0 Å². The number of aliphatic hydroxyl groups excluding tert-OH is 1. The quantitative estimate of drug-likeness (QED) is 0.767. The van der Waals surface area contributed by atoms with Crippen molar-refractivity contribution in [3.8, 4) is 0 Å². The fraction of sp³-hybridized carbons (Fsp3) is 0.667. The third kappa shape index (κ3) is 3.06. The Labute approximate surface area is 82.6 Å². The molecule has 0 amide bonds. The van der Waals surface area contributed by atoms with Gasteiger partial charge in [0.05, 0.1) is 12.3 Å². The van der Waals surface area contributed by atoms with E-state index in [4.69, 9.17) is 10.8 Å². The molecule has 0 aliphatic heterocycles. The number of thiazole rings is 1. The second kappa shape index (κ2) is 4.69. The summed E-state index contributed by atoms with van der Waals surface area (Å²) in [4.78, 5) is 4.24. The number of hydrogen-bond donors (Lipinski definition) is 2. The maximum atomic E-state index is 8.81. The molecule has 3 N–H and O–H groups in total. The van der Waals surface area contributed by atoms with Crippen LogP contribution in [0.4, 0.5) is 0 Å². The topological polar surface area (TPSA) is 59.1 Å². The summed E-state index contributed by atoms with van der Waals surface area (Å²) in [6.45, 7) is 4.23. The van der Waals surface area contributed by atoms with Gasteiger partial charge in [0.1, 0.15) is 5.01 Å². The van der Waals surface area contributed by atoms with Crippen LogP contribution in [0.3, 0.4) is 0 Å². The Bertz CT molecular complexity index is 260. The van der Waals surface area contributed by atoms with E-state index in [-0.39, 0.29) is 12.6 Å². The standard InChI is InChI=1S/C9H16N2OS/c1-6(2)8(10)3-7-5-13-9(4-12)11-7/h5-6,8,12H,3-4,10H2,1-2H3. The first-order valence-corrected chi connectivity index (χ1v) is 5.31. The van der Waals surface area contributed by atoms with Crippen LogP contribution in [0.2, 0.25) is 0 Å². The molecule has 0 radical (unpaired) electrons. The van der Waals surface area contributed by atoms with Crippen molar-refractivity contribution >= 4 is 11.3 Å². The summed E-state index contributed by atoms with van der Waals surface area (Å²) in [6.07, 6.45) is 0.800. The number of aliphatic hydroxyl groups is 1. The van der Waals surface area contributed by atoms with Crippen molar-refractivity contribution in [3.63, 3.8) is 0 Å². The Hall–Kier alpha value is -0.450. The predicted octanol–water partition coefficient (Wildman–Crippen LogP) is 1.16. The molecule has 0 bridgehead atoms. The fourth-order valence-electron chi connectivity index (χ4n) is 0.992. The molecular formula is C9H16N2OS. The van der Waals surface area contributed by atoms with Crippen molar-refractivity contribution in [2.75, 3.05) is 0 Å². The van der Waals surface area contributed by atoms with E-state index < -0.39 is 0 Å². The maximum absolute atomic E-state index is 8.81. The van der Waals surface area contributed by atoms with Crippen LogP contribution < -0.4 is 5.73 Å². The summed E-state index contributed by atoms with van der Waals surface area (Å²) < 4.78 is 0. The van der Waals surface area contributed by atoms with E-state index in [1.807, 2.05) is 5.38 Å². The molecule has 13 heavy (non-hydrogen) atoms. The second-order valence-electron chi connectivity index (χ2n) is 3.50. The van der Waals surface area contributed by atoms with Crippen molar-refractivity contribution in [2.45, 2.75) is 32.9 Å². The molecule has 0 aromatic carbocycles. The van der Waals surface area contributed by atoms with Gasteiger partial charge in [-0.05, 0) is 5.92 Å². The van der Waals surface area contributed by atoms with Gasteiger partial charge >= 0.3 is 0 Å². The summed E-state index contributed by atoms with van der Waals surface area (Å²) in [5.74, 6) is 0.472. The van der Waals surface area contributed by atoms with E-state index in [1.54, 1.807) is 0 Å². The average Bonchev–Trinajstić information content (AvgIpc) is 2.52. The molecule has 0 aliphatic carbocycles. The Kier molecular flexibility index (Phi) is 3.84. The van der Waals surface area contributed by atoms with E-state index >= 15 is 0 Å². The summed E-state index contributed by atoms with van der Waals surface area (Å²) >= 11 is 1.49. The Balaban J connectivity index is 2.53. The van der Waals surface area contributed by atoms with Crippen LogP contribution in [-0.2, 0) is 13.0 Å². The highest BCUT2D eigenvalue weighted by Crippen LogP contribution is 2.13. The number of hydrogen-bond acceptors (Lipinski definition) is 4. The summed E-state index contributed by atoms with van der Waals surface area (Å²) in [5, 5.41) is 11.5. The SMILES string of the molecule is CC(C)C(N)Cc1csc(CO)n1. The molecule has 0 saturated heterocycles. The number of aromatic nitrogens is 1. The predicted molar refractivity (Wildman–Crippen MR) is 54.6 cm³/mol. The largest absolute Gasteiger partial charge is 0.389 e. The third-order valence-electron chi connectivity index (χ3n) is 2.04. The van der Waals surface area contributed by atoms with Crippen LogP contribution in [0.25, 0.3) is 0 Å². The van der Waals surface area contributed by atoms with Crippen LogP contribution >= 0.6 is 11.3 Å². The summed E-state index contributed by atoms with van der Waals surface area (Å²) in [5.41, 5.74) is 6.90. The maximum Gasteiger partial charge on any atom is 0.118 e. The highest BCUT2D eigenvalue weighted by atomic mass is 32.1. The molecule has 0 spiro atoms. The molecule has 4 heteroatoms. The van der Waals surface area contributed by atoms with Gasteiger partial charge < -0.3 is 10.8 Å². The lowest BCUT2D eigenvalue weighted by molar-refractivity contribution is 0.281. The highest BCUT2D eigenvalue weighted by Gasteiger charge is 2.10. The van der Waals surface area contributed by atoms with E-state index in [2.05, 4.69) is 18.8 Å². The zero-order chi connectivity index (χ0) is 9.84. The zero-order valence-corrected chi connectivity index (χ0v) is 8.84. The Morgan fingerprint density at radius 2 is 2.31 bits per heavy atom. The lowest BCUT2D eigenvalue weighted by atomic mass is 10.0. The van der Waals surface area contributed by atoms with E-state index in [0.717, 1.165) is 17.1 Å². The normalized spacial score (nSPS) is 13.6. The smallest absolute Gasteiger partial charge is 0.118 e. The molecule has 0 aliphatic rings. The van der Waals surface area contributed by atoms with Crippen LogP contribution in [0.15, 0.2) is 5.38 Å². The molecule has 1 atom stereocenters. The number of nitrogens with two attached hydrogens (primary N) is 1. The van der Waals surface area contributed by atoms with Crippen LogP contribution in [0.5, 0.6) is 0 Å². The minimum atomic E-state index is 0.0293. The summed E-state index contributed by atoms with van der Waals surface area (Å²) in [7, 11) is 0. The Morgan fingerprint density at radius 1 is 1.62 bits per heavy atom. The molecule has 1 aromatic rings. The van der Waals surface area contributed by atoms with Gasteiger partial charge in [0.25, 0.3) is 0 Å². The first-order chi connectivity index (χ1) is 6.13. The van der Waals surface area contributed by atoms with Gasteiger partial charge in [-0.2, -0.15) is 0 Å². The molecule has 74 valence electrons. The van der Waals surface area contributed by atoms with Gasteiger partial charge in [-0.25, -0.2) is 4.98 Å². The fourth-order valence-corrected chi connectivity index (χ4v) is 1.66. The molecule has 1 heterocycles. The zero-order valence-electron chi connectivity index (χ0n) is 8.03. The van der Waals surface area contributed by atoms with Crippen LogP contribution in [-0.4, -0.2) is 16.1 Å². The van der Waals surface area contributed by atoms with Gasteiger partial charge in [0.15, 0.2) is 0 Å². The van der Waals surface area contributed by atoms with Gasteiger partial charge in [-0.3, -0.25) is 0 Å². The number of nitrogens with zero attached hydrogens (tertiary/aromatic N) is 1. The molecule has 1 rings (SSSR count). The van der Waals surface area contributed by atoms with Gasteiger partial charge in [0, 0.05) is 17.8 Å². The van der Waals surface area contributed by atoms with E-state index in [1.165, 1.54) is 11.3 Å².